The van der Waals surface area contributed by atoms with Crippen LogP contribution in [0, 0.1) is 0 Å². The molecule has 254 valence electrons. The number of carbonyl (C=O) groups excluding carboxylic acids is 2. The number of hydrogen-bond donors (Lipinski definition) is 1. The topological polar surface area (TPSA) is 114 Å². The van der Waals surface area contributed by atoms with Gasteiger partial charge in [-0.25, -0.2) is 8.42 Å². The van der Waals surface area contributed by atoms with Crippen LogP contribution in [0.1, 0.15) is 18.1 Å². The van der Waals surface area contributed by atoms with Gasteiger partial charge in [0.05, 0.1) is 31.4 Å². The number of carbonyl (C=O) groups is 2. The molecule has 4 rings (SSSR count). The first-order valence-corrected chi connectivity index (χ1v) is 17.2. The minimum Gasteiger partial charge on any atom is -0.494 e. The van der Waals surface area contributed by atoms with Crippen molar-refractivity contribution in [2.24, 2.45) is 0 Å². The van der Waals surface area contributed by atoms with Crippen molar-refractivity contribution < 1.29 is 32.2 Å². The minimum absolute atomic E-state index is 0.104. The van der Waals surface area contributed by atoms with Gasteiger partial charge in [-0.15, -0.1) is 0 Å². The van der Waals surface area contributed by atoms with E-state index < -0.39 is 34.4 Å². The van der Waals surface area contributed by atoms with Crippen molar-refractivity contribution in [1.29, 1.82) is 0 Å². The lowest BCUT2D eigenvalue weighted by Gasteiger charge is -2.34. The summed E-state index contributed by atoms with van der Waals surface area (Å²) in [6.45, 7) is 1.49. The second kappa shape index (κ2) is 16.6. The quantitative estimate of drug-likeness (QED) is 0.161. The van der Waals surface area contributed by atoms with Gasteiger partial charge in [0.15, 0.2) is 11.5 Å². The monoisotopic (exact) mass is 713 g/mol. The number of rotatable bonds is 15. The van der Waals surface area contributed by atoms with Crippen molar-refractivity contribution in [2.75, 3.05) is 38.7 Å². The Kier molecular flexibility index (Phi) is 12.6. The van der Waals surface area contributed by atoms with E-state index in [1.807, 2.05) is 37.3 Å². The van der Waals surface area contributed by atoms with E-state index >= 15 is 0 Å². The Hall–Kier alpha value is -4.45. The first-order valence-electron chi connectivity index (χ1n) is 15.0. The van der Waals surface area contributed by atoms with E-state index in [0.29, 0.717) is 28.7 Å². The maximum absolute atomic E-state index is 14.5. The molecule has 0 aliphatic carbocycles. The average Bonchev–Trinajstić information content (AvgIpc) is 3.09. The summed E-state index contributed by atoms with van der Waals surface area (Å²) in [5.74, 6) is -0.0349. The summed E-state index contributed by atoms with van der Waals surface area (Å²) >= 11 is 12.7. The van der Waals surface area contributed by atoms with E-state index in [1.165, 1.54) is 44.4 Å². The van der Waals surface area contributed by atoms with Gasteiger partial charge in [-0.2, -0.15) is 0 Å². The fraction of sp³-hybridized carbons (Fsp3) is 0.257. The fourth-order valence-corrected chi connectivity index (χ4v) is 6.96. The lowest BCUT2D eigenvalue weighted by atomic mass is 10.0. The standard InChI is InChI=1S/C35H37Cl2N3O7S/c1-5-47-28-15-13-27(14-16-28)40(48(43,44)29-17-18-32(45-3)33(21-29)46-4)23-34(41)39(22-25-11-12-26(36)20-30(25)37)31(35(42)38-2)19-24-9-7-6-8-10-24/h6-18,20-21,31H,5,19,22-23H2,1-4H3,(H,38,42)/t31-/m0/s1. The van der Waals surface area contributed by atoms with Gasteiger partial charge in [-0.3, -0.25) is 13.9 Å². The molecule has 0 aliphatic rings. The number of likely N-dealkylation sites (N-methyl/N-ethyl adjacent to an activating group) is 1. The van der Waals surface area contributed by atoms with Crippen molar-refractivity contribution in [1.82, 2.24) is 10.2 Å². The molecule has 0 unspecified atom stereocenters. The molecule has 1 atom stereocenters. The van der Waals surface area contributed by atoms with Crippen LogP contribution in [0.5, 0.6) is 17.2 Å². The highest BCUT2D eigenvalue weighted by Crippen LogP contribution is 2.33. The molecule has 0 heterocycles. The van der Waals surface area contributed by atoms with E-state index in [0.717, 1.165) is 9.87 Å². The third kappa shape index (κ3) is 8.71. The molecule has 0 spiro atoms. The van der Waals surface area contributed by atoms with Crippen LogP contribution >= 0.6 is 23.2 Å². The number of ether oxygens (including phenoxy) is 3. The van der Waals surface area contributed by atoms with Crippen LogP contribution < -0.4 is 23.8 Å². The van der Waals surface area contributed by atoms with Crippen LogP contribution in [0.2, 0.25) is 10.0 Å². The third-order valence-electron chi connectivity index (χ3n) is 7.53. The largest absolute Gasteiger partial charge is 0.494 e. The highest BCUT2D eigenvalue weighted by molar-refractivity contribution is 7.92. The van der Waals surface area contributed by atoms with Gasteiger partial charge in [-0.05, 0) is 66.6 Å². The Morgan fingerprint density at radius 2 is 1.56 bits per heavy atom. The second-order valence-electron chi connectivity index (χ2n) is 10.5. The number of amides is 2. The SMILES string of the molecule is CCOc1ccc(N(CC(=O)N(Cc2ccc(Cl)cc2Cl)[C@@H](Cc2ccccc2)C(=O)NC)S(=O)(=O)c2ccc(OC)c(OC)c2)cc1. The molecule has 0 radical (unpaired) electrons. The average molecular weight is 715 g/mol. The van der Waals surface area contributed by atoms with Gasteiger partial charge in [0, 0.05) is 36.1 Å². The molecular formula is C35H37Cl2N3O7S. The predicted molar refractivity (Wildman–Crippen MR) is 187 cm³/mol. The molecule has 10 nitrogen and oxygen atoms in total. The molecule has 13 heteroatoms. The summed E-state index contributed by atoms with van der Waals surface area (Å²) < 4.78 is 46.0. The summed E-state index contributed by atoms with van der Waals surface area (Å²) in [6.07, 6.45) is 0.156. The fourth-order valence-electron chi connectivity index (χ4n) is 5.06. The smallest absolute Gasteiger partial charge is 0.264 e. The molecule has 0 aliphatic heterocycles. The van der Waals surface area contributed by atoms with Crippen LogP contribution in [0.25, 0.3) is 0 Å². The number of methoxy groups -OCH3 is 2. The summed E-state index contributed by atoms with van der Waals surface area (Å²) in [7, 11) is -0.0814. The molecule has 0 bridgehead atoms. The Balaban J connectivity index is 1.83. The Labute approximate surface area is 291 Å². The summed E-state index contributed by atoms with van der Waals surface area (Å²) in [5.41, 5.74) is 1.52. The van der Waals surface area contributed by atoms with Gasteiger partial charge < -0.3 is 24.4 Å². The van der Waals surface area contributed by atoms with Gasteiger partial charge in [-0.1, -0.05) is 59.6 Å². The van der Waals surface area contributed by atoms with Crippen LogP contribution in [-0.2, 0) is 32.6 Å². The number of benzene rings is 4. The molecule has 4 aromatic rings. The maximum Gasteiger partial charge on any atom is 0.264 e. The van der Waals surface area contributed by atoms with Crippen molar-refractivity contribution in [3.8, 4) is 17.2 Å². The molecule has 0 aromatic heterocycles. The molecule has 1 N–H and O–H groups in total. The zero-order valence-corrected chi connectivity index (χ0v) is 29.3. The molecule has 4 aromatic carbocycles. The lowest BCUT2D eigenvalue weighted by Crippen LogP contribution is -2.53. The highest BCUT2D eigenvalue weighted by Gasteiger charge is 2.35. The Bertz CT molecular complexity index is 1820. The van der Waals surface area contributed by atoms with E-state index in [-0.39, 0.29) is 34.3 Å². The predicted octanol–water partition coefficient (Wildman–Crippen LogP) is 5.99. The van der Waals surface area contributed by atoms with E-state index in [1.54, 1.807) is 42.5 Å². The number of halogens is 2. The Morgan fingerprint density at radius 3 is 2.17 bits per heavy atom. The summed E-state index contributed by atoms with van der Waals surface area (Å²) in [6, 6.07) is 23.5. The molecule has 48 heavy (non-hydrogen) atoms. The van der Waals surface area contributed by atoms with Crippen molar-refractivity contribution in [3.63, 3.8) is 0 Å². The zero-order chi connectivity index (χ0) is 34.8. The molecule has 0 saturated heterocycles. The number of nitrogens with zero attached hydrogens (tertiary/aromatic N) is 2. The van der Waals surface area contributed by atoms with E-state index in [2.05, 4.69) is 5.32 Å². The highest BCUT2D eigenvalue weighted by atomic mass is 35.5. The molecule has 0 fully saturated rings. The van der Waals surface area contributed by atoms with Crippen LogP contribution in [-0.4, -0.2) is 65.6 Å². The lowest BCUT2D eigenvalue weighted by molar-refractivity contribution is -0.139. The molecular weight excluding hydrogens is 677 g/mol. The first kappa shape index (κ1) is 36.4. The van der Waals surface area contributed by atoms with E-state index in [4.69, 9.17) is 37.4 Å². The number of nitrogens with one attached hydrogen (secondary N) is 1. The zero-order valence-electron chi connectivity index (χ0n) is 27.0. The van der Waals surface area contributed by atoms with Crippen LogP contribution in [0.4, 0.5) is 5.69 Å². The van der Waals surface area contributed by atoms with Gasteiger partial charge in [0.1, 0.15) is 18.3 Å². The maximum atomic E-state index is 14.5. The number of anilines is 1. The molecule has 0 saturated carbocycles. The van der Waals surface area contributed by atoms with Gasteiger partial charge in [0.2, 0.25) is 11.8 Å². The van der Waals surface area contributed by atoms with Crippen molar-refractivity contribution >= 4 is 50.7 Å². The van der Waals surface area contributed by atoms with Gasteiger partial charge in [0.25, 0.3) is 10.0 Å². The number of sulfonamides is 1. The second-order valence-corrected chi connectivity index (χ2v) is 13.2. The molecule has 2 amide bonds. The summed E-state index contributed by atoms with van der Waals surface area (Å²) in [4.78, 5) is 29.2. The van der Waals surface area contributed by atoms with Crippen LogP contribution in [0.3, 0.4) is 0 Å². The first-order chi connectivity index (χ1) is 23.0. The minimum atomic E-state index is -4.40. The van der Waals surface area contributed by atoms with Gasteiger partial charge >= 0.3 is 0 Å². The Morgan fingerprint density at radius 1 is 0.875 bits per heavy atom. The summed E-state index contributed by atoms with van der Waals surface area (Å²) in [5, 5.41) is 3.34. The van der Waals surface area contributed by atoms with Crippen LogP contribution in [0.15, 0.2) is 95.9 Å². The van der Waals surface area contributed by atoms with Crippen molar-refractivity contribution in [3.05, 3.63) is 112 Å². The van der Waals surface area contributed by atoms with E-state index in [9.17, 15) is 18.0 Å². The number of hydrogen-bond acceptors (Lipinski definition) is 7. The van der Waals surface area contributed by atoms with Crippen molar-refractivity contribution in [2.45, 2.75) is 30.8 Å². The normalized spacial score (nSPS) is 11.7. The third-order valence-corrected chi connectivity index (χ3v) is 9.89.